The van der Waals surface area contributed by atoms with Crippen molar-refractivity contribution in [3.63, 3.8) is 0 Å². The van der Waals surface area contributed by atoms with Gasteiger partial charge in [0.25, 0.3) is 0 Å². The van der Waals surface area contributed by atoms with Gasteiger partial charge in [0.2, 0.25) is 0 Å². The van der Waals surface area contributed by atoms with Gasteiger partial charge in [-0.2, -0.15) is 0 Å². The second-order valence-electron chi connectivity index (χ2n) is 4.76. The van der Waals surface area contributed by atoms with Gasteiger partial charge in [-0.1, -0.05) is 37.6 Å². The lowest BCUT2D eigenvalue weighted by atomic mass is 10.0. The fourth-order valence-corrected chi connectivity index (χ4v) is 2.12. The standard InChI is InChI=1S/C15H25NO3/c1-2-3-13-4-6-14(7-5-13)15(19)12-16(8-10-17)9-11-18/h4-7,15,17-19H,2-3,8-12H2,1H3. The zero-order valence-corrected chi connectivity index (χ0v) is 11.6. The molecule has 0 saturated heterocycles. The molecule has 0 aliphatic carbocycles. The average Bonchev–Trinajstić information content (AvgIpc) is 2.40. The zero-order valence-electron chi connectivity index (χ0n) is 11.6. The van der Waals surface area contributed by atoms with Gasteiger partial charge in [0.05, 0.1) is 19.3 Å². The fourth-order valence-electron chi connectivity index (χ4n) is 2.12. The summed E-state index contributed by atoms with van der Waals surface area (Å²) < 4.78 is 0. The molecule has 0 aliphatic rings. The minimum Gasteiger partial charge on any atom is -0.395 e. The van der Waals surface area contributed by atoms with Crippen molar-refractivity contribution in [2.45, 2.75) is 25.9 Å². The molecule has 0 fully saturated rings. The number of aliphatic hydroxyl groups excluding tert-OH is 3. The summed E-state index contributed by atoms with van der Waals surface area (Å²) in [7, 11) is 0. The van der Waals surface area contributed by atoms with Crippen LogP contribution < -0.4 is 0 Å². The quantitative estimate of drug-likeness (QED) is 0.623. The Morgan fingerprint density at radius 3 is 2.11 bits per heavy atom. The lowest BCUT2D eigenvalue weighted by molar-refractivity contribution is 0.0874. The maximum absolute atomic E-state index is 10.2. The van der Waals surface area contributed by atoms with E-state index in [4.69, 9.17) is 10.2 Å². The van der Waals surface area contributed by atoms with Crippen LogP contribution in [0.5, 0.6) is 0 Å². The summed E-state index contributed by atoms with van der Waals surface area (Å²) in [6.45, 7) is 3.56. The van der Waals surface area contributed by atoms with Crippen LogP contribution in [-0.2, 0) is 6.42 Å². The molecule has 1 aromatic carbocycles. The van der Waals surface area contributed by atoms with Crippen LogP contribution in [0.25, 0.3) is 0 Å². The third-order valence-electron chi connectivity index (χ3n) is 3.17. The van der Waals surface area contributed by atoms with Crippen molar-refractivity contribution < 1.29 is 15.3 Å². The molecular weight excluding hydrogens is 242 g/mol. The van der Waals surface area contributed by atoms with E-state index in [0.29, 0.717) is 19.6 Å². The molecule has 1 unspecified atom stereocenters. The number of benzene rings is 1. The predicted molar refractivity (Wildman–Crippen MR) is 76.0 cm³/mol. The lowest BCUT2D eigenvalue weighted by Gasteiger charge is -2.23. The molecule has 0 amide bonds. The van der Waals surface area contributed by atoms with Gasteiger partial charge in [0, 0.05) is 19.6 Å². The molecule has 0 saturated carbocycles. The smallest absolute Gasteiger partial charge is 0.0916 e. The van der Waals surface area contributed by atoms with Gasteiger partial charge < -0.3 is 15.3 Å². The van der Waals surface area contributed by atoms with Gasteiger partial charge in [-0.25, -0.2) is 0 Å². The fraction of sp³-hybridized carbons (Fsp3) is 0.600. The number of hydrogen-bond donors (Lipinski definition) is 3. The van der Waals surface area contributed by atoms with E-state index >= 15 is 0 Å². The summed E-state index contributed by atoms with van der Waals surface area (Å²) in [6, 6.07) is 7.99. The first-order valence-electron chi connectivity index (χ1n) is 6.92. The highest BCUT2D eigenvalue weighted by atomic mass is 16.3. The molecule has 0 radical (unpaired) electrons. The molecule has 108 valence electrons. The highest BCUT2D eigenvalue weighted by Crippen LogP contribution is 2.16. The molecular formula is C15H25NO3. The van der Waals surface area contributed by atoms with Crippen LogP contribution >= 0.6 is 0 Å². The molecule has 0 bridgehead atoms. The molecule has 0 aromatic heterocycles. The van der Waals surface area contributed by atoms with Gasteiger partial charge in [0.15, 0.2) is 0 Å². The molecule has 1 aromatic rings. The zero-order chi connectivity index (χ0) is 14.1. The maximum Gasteiger partial charge on any atom is 0.0916 e. The summed E-state index contributed by atoms with van der Waals surface area (Å²) >= 11 is 0. The minimum absolute atomic E-state index is 0.0299. The molecule has 0 spiro atoms. The second-order valence-corrected chi connectivity index (χ2v) is 4.76. The Labute approximate surface area is 115 Å². The summed E-state index contributed by atoms with van der Waals surface area (Å²) in [5.41, 5.74) is 2.15. The maximum atomic E-state index is 10.2. The third kappa shape index (κ3) is 5.70. The molecule has 4 heteroatoms. The van der Waals surface area contributed by atoms with E-state index in [2.05, 4.69) is 6.92 Å². The number of nitrogens with zero attached hydrogens (tertiary/aromatic N) is 1. The Balaban J connectivity index is 2.57. The summed E-state index contributed by atoms with van der Waals surface area (Å²) in [4.78, 5) is 1.85. The Morgan fingerprint density at radius 1 is 1.05 bits per heavy atom. The summed E-state index contributed by atoms with van der Waals surface area (Å²) in [6.07, 6.45) is 1.58. The molecule has 1 atom stereocenters. The van der Waals surface area contributed by atoms with Crippen molar-refractivity contribution in [2.75, 3.05) is 32.8 Å². The van der Waals surface area contributed by atoms with Crippen molar-refractivity contribution in [2.24, 2.45) is 0 Å². The van der Waals surface area contributed by atoms with E-state index in [-0.39, 0.29) is 13.2 Å². The first-order valence-corrected chi connectivity index (χ1v) is 6.92. The summed E-state index contributed by atoms with van der Waals surface area (Å²) in [5, 5.41) is 28.0. The predicted octanol–water partition coefficient (Wildman–Crippen LogP) is 0.959. The van der Waals surface area contributed by atoms with Crippen molar-refractivity contribution in [3.8, 4) is 0 Å². The number of rotatable bonds is 9. The largest absolute Gasteiger partial charge is 0.395 e. The van der Waals surface area contributed by atoms with Crippen LogP contribution in [0.3, 0.4) is 0 Å². The van der Waals surface area contributed by atoms with Crippen molar-refractivity contribution >= 4 is 0 Å². The molecule has 4 nitrogen and oxygen atoms in total. The Hall–Kier alpha value is -0.940. The molecule has 3 N–H and O–H groups in total. The highest BCUT2D eigenvalue weighted by Gasteiger charge is 2.12. The Kier molecular flexibility index (Phi) is 7.67. The Morgan fingerprint density at radius 2 is 1.63 bits per heavy atom. The van der Waals surface area contributed by atoms with Gasteiger partial charge >= 0.3 is 0 Å². The molecule has 0 heterocycles. The van der Waals surface area contributed by atoms with Gasteiger partial charge in [-0.05, 0) is 17.5 Å². The SMILES string of the molecule is CCCc1ccc(C(O)CN(CCO)CCO)cc1. The molecule has 19 heavy (non-hydrogen) atoms. The second kappa shape index (κ2) is 9.04. The van der Waals surface area contributed by atoms with Crippen LogP contribution in [-0.4, -0.2) is 53.1 Å². The molecule has 1 rings (SSSR count). The van der Waals surface area contributed by atoms with E-state index in [1.165, 1.54) is 5.56 Å². The van der Waals surface area contributed by atoms with Gasteiger partial charge in [0.1, 0.15) is 0 Å². The lowest BCUT2D eigenvalue weighted by Crippen LogP contribution is -2.33. The average molecular weight is 267 g/mol. The number of aliphatic hydroxyl groups is 3. The molecule has 0 aliphatic heterocycles. The highest BCUT2D eigenvalue weighted by molar-refractivity contribution is 5.24. The van der Waals surface area contributed by atoms with Crippen LogP contribution in [0.2, 0.25) is 0 Å². The van der Waals surface area contributed by atoms with Crippen molar-refractivity contribution in [1.82, 2.24) is 4.90 Å². The van der Waals surface area contributed by atoms with E-state index in [9.17, 15) is 5.11 Å². The van der Waals surface area contributed by atoms with E-state index in [1.807, 2.05) is 29.2 Å². The Bertz CT molecular complexity index is 334. The number of hydrogen-bond acceptors (Lipinski definition) is 4. The monoisotopic (exact) mass is 267 g/mol. The van der Waals surface area contributed by atoms with Crippen LogP contribution in [0.15, 0.2) is 24.3 Å². The third-order valence-corrected chi connectivity index (χ3v) is 3.17. The van der Waals surface area contributed by atoms with Crippen LogP contribution in [0.1, 0.15) is 30.6 Å². The van der Waals surface area contributed by atoms with Crippen molar-refractivity contribution in [1.29, 1.82) is 0 Å². The van der Waals surface area contributed by atoms with Crippen molar-refractivity contribution in [3.05, 3.63) is 35.4 Å². The van der Waals surface area contributed by atoms with E-state index < -0.39 is 6.10 Å². The minimum atomic E-state index is -0.589. The first kappa shape index (κ1) is 16.1. The van der Waals surface area contributed by atoms with Gasteiger partial charge in [-0.15, -0.1) is 0 Å². The van der Waals surface area contributed by atoms with Crippen LogP contribution in [0.4, 0.5) is 0 Å². The topological polar surface area (TPSA) is 63.9 Å². The van der Waals surface area contributed by atoms with Gasteiger partial charge in [-0.3, -0.25) is 4.90 Å². The number of aryl methyl sites for hydroxylation is 1. The normalized spacial score (nSPS) is 12.9. The van der Waals surface area contributed by atoms with E-state index in [0.717, 1.165) is 18.4 Å². The van der Waals surface area contributed by atoms with E-state index in [1.54, 1.807) is 0 Å². The summed E-state index contributed by atoms with van der Waals surface area (Å²) in [5.74, 6) is 0. The van der Waals surface area contributed by atoms with Crippen LogP contribution in [0, 0.1) is 0 Å². The first-order chi connectivity index (χ1) is 9.21.